The zero-order valence-corrected chi connectivity index (χ0v) is 17.9. The van der Waals surface area contributed by atoms with Gasteiger partial charge in [0.1, 0.15) is 5.75 Å². The van der Waals surface area contributed by atoms with Gasteiger partial charge in [-0.05, 0) is 29.3 Å². The van der Waals surface area contributed by atoms with Crippen molar-refractivity contribution in [1.82, 2.24) is 15.5 Å². The van der Waals surface area contributed by atoms with E-state index in [2.05, 4.69) is 10.6 Å². The fourth-order valence-electron chi connectivity index (χ4n) is 3.81. The van der Waals surface area contributed by atoms with E-state index in [4.69, 9.17) is 9.47 Å². The molecular weight excluding hydrogens is 398 g/mol. The third-order valence-corrected chi connectivity index (χ3v) is 5.37. The minimum Gasteiger partial charge on any atom is -0.497 e. The van der Waals surface area contributed by atoms with E-state index in [-0.39, 0.29) is 24.3 Å². The maximum Gasteiger partial charge on any atom is 0.254 e. The predicted molar refractivity (Wildman–Crippen MR) is 115 cm³/mol. The molecule has 0 fully saturated rings. The number of likely N-dealkylation sites (N-methyl/N-ethyl adjacent to an activating group) is 1. The Morgan fingerprint density at radius 3 is 2.42 bits per heavy atom. The molecule has 3 amide bonds. The van der Waals surface area contributed by atoms with Crippen molar-refractivity contribution >= 4 is 17.7 Å². The third kappa shape index (κ3) is 4.86. The Kier molecular flexibility index (Phi) is 7.25. The number of carbonyl (C=O) groups is 3. The smallest absolute Gasteiger partial charge is 0.254 e. The number of methoxy groups -OCH3 is 2. The van der Waals surface area contributed by atoms with E-state index in [1.165, 1.54) is 0 Å². The van der Waals surface area contributed by atoms with Gasteiger partial charge < -0.3 is 25.0 Å². The number of fused-ring (bicyclic) bond motifs is 1. The summed E-state index contributed by atoms with van der Waals surface area (Å²) in [6.45, 7) is 0.597. The first-order chi connectivity index (χ1) is 15.0. The molecule has 31 heavy (non-hydrogen) atoms. The Labute approximate surface area is 181 Å². The lowest BCUT2D eigenvalue weighted by molar-refractivity contribution is -0.128. The van der Waals surface area contributed by atoms with Crippen LogP contribution in [0.4, 0.5) is 0 Å². The molecule has 0 saturated heterocycles. The van der Waals surface area contributed by atoms with E-state index in [1.54, 1.807) is 62.6 Å². The van der Waals surface area contributed by atoms with Gasteiger partial charge in [0.25, 0.3) is 5.91 Å². The highest BCUT2D eigenvalue weighted by Gasteiger charge is 2.42. The van der Waals surface area contributed by atoms with Crippen LogP contribution in [0.3, 0.4) is 0 Å². The molecule has 1 aliphatic rings. The second-order valence-corrected chi connectivity index (χ2v) is 7.26. The Bertz CT molecular complexity index is 944. The summed E-state index contributed by atoms with van der Waals surface area (Å²) < 4.78 is 10.1. The van der Waals surface area contributed by atoms with Crippen LogP contribution in [0.2, 0.25) is 0 Å². The number of amides is 3. The molecule has 2 aromatic rings. The van der Waals surface area contributed by atoms with Gasteiger partial charge in [0.05, 0.1) is 32.2 Å². The number of rotatable bonds is 8. The van der Waals surface area contributed by atoms with Gasteiger partial charge in [-0.2, -0.15) is 0 Å². The Balaban J connectivity index is 1.89. The van der Waals surface area contributed by atoms with E-state index >= 15 is 0 Å². The summed E-state index contributed by atoms with van der Waals surface area (Å²) in [7, 11) is 4.81. The van der Waals surface area contributed by atoms with E-state index in [1.807, 2.05) is 12.1 Å². The molecule has 8 nitrogen and oxygen atoms in total. The summed E-state index contributed by atoms with van der Waals surface area (Å²) >= 11 is 0. The Morgan fingerprint density at radius 2 is 1.74 bits per heavy atom. The quantitative estimate of drug-likeness (QED) is 0.625. The predicted octanol–water partition coefficient (Wildman–Crippen LogP) is 1.48. The molecule has 2 unspecified atom stereocenters. The lowest BCUT2D eigenvalue weighted by atomic mass is 9.79. The van der Waals surface area contributed by atoms with Crippen molar-refractivity contribution in [3.8, 4) is 5.75 Å². The van der Waals surface area contributed by atoms with Crippen LogP contribution in [-0.4, -0.2) is 63.6 Å². The van der Waals surface area contributed by atoms with Crippen LogP contribution in [0, 0.1) is 0 Å². The molecule has 0 saturated carbocycles. The zero-order valence-electron chi connectivity index (χ0n) is 17.9. The SMILES string of the molecule is COCCNC(=O)CNC(=O)C1c2ccccc2C(=O)N(C)C1c1ccc(OC)cc1. The van der Waals surface area contributed by atoms with Crippen LogP contribution in [-0.2, 0) is 14.3 Å². The molecule has 0 aromatic heterocycles. The first-order valence-corrected chi connectivity index (χ1v) is 10.0. The van der Waals surface area contributed by atoms with Crippen molar-refractivity contribution in [1.29, 1.82) is 0 Å². The first kappa shape index (κ1) is 22.3. The van der Waals surface area contributed by atoms with Gasteiger partial charge >= 0.3 is 0 Å². The average molecular weight is 425 g/mol. The topological polar surface area (TPSA) is 97.0 Å². The number of nitrogens with zero attached hydrogens (tertiary/aromatic N) is 1. The van der Waals surface area contributed by atoms with Crippen LogP contribution in [0.1, 0.15) is 33.4 Å². The Morgan fingerprint density at radius 1 is 1.03 bits per heavy atom. The number of benzene rings is 2. The number of ether oxygens (including phenoxy) is 2. The molecule has 164 valence electrons. The third-order valence-electron chi connectivity index (χ3n) is 5.37. The molecule has 2 atom stereocenters. The standard InChI is InChI=1S/C23H27N3O5/c1-26-21(15-8-10-16(31-3)11-9-15)20(17-6-4-5-7-18(17)23(26)29)22(28)25-14-19(27)24-12-13-30-2/h4-11,20-21H,12-14H2,1-3H3,(H,24,27)(H,25,28). The van der Waals surface area contributed by atoms with Crippen molar-refractivity contribution < 1.29 is 23.9 Å². The molecule has 1 aliphatic heterocycles. The zero-order chi connectivity index (χ0) is 22.4. The van der Waals surface area contributed by atoms with Crippen molar-refractivity contribution in [3.05, 3.63) is 65.2 Å². The molecule has 2 N–H and O–H groups in total. The summed E-state index contributed by atoms with van der Waals surface area (Å²) in [4.78, 5) is 39.9. The lowest BCUT2D eigenvalue weighted by Gasteiger charge is -2.39. The summed E-state index contributed by atoms with van der Waals surface area (Å²) in [6, 6.07) is 13.9. The number of carbonyl (C=O) groups excluding carboxylic acids is 3. The van der Waals surface area contributed by atoms with Gasteiger partial charge in [-0.1, -0.05) is 30.3 Å². The van der Waals surface area contributed by atoms with Crippen LogP contribution >= 0.6 is 0 Å². The number of hydrogen-bond donors (Lipinski definition) is 2. The van der Waals surface area contributed by atoms with E-state index in [0.717, 1.165) is 5.56 Å². The van der Waals surface area contributed by atoms with Gasteiger partial charge in [0, 0.05) is 26.3 Å². The van der Waals surface area contributed by atoms with Crippen molar-refractivity contribution in [2.24, 2.45) is 0 Å². The summed E-state index contributed by atoms with van der Waals surface area (Å²) in [5, 5.41) is 5.40. The first-order valence-electron chi connectivity index (χ1n) is 10.0. The number of hydrogen-bond acceptors (Lipinski definition) is 5. The normalized spacial score (nSPS) is 17.6. The van der Waals surface area contributed by atoms with Crippen LogP contribution in [0.25, 0.3) is 0 Å². The number of nitrogens with one attached hydrogen (secondary N) is 2. The van der Waals surface area contributed by atoms with Gasteiger partial charge in [-0.3, -0.25) is 14.4 Å². The van der Waals surface area contributed by atoms with Gasteiger partial charge in [-0.15, -0.1) is 0 Å². The maximum atomic E-state index is 13.3. The molecule has 8 heteroatoms. The highest BCUT2D eigenvalue weighted by atomic mass is 16.5. The van der Waals surface area contributed by atoms with Gasteiger partial charge in [0.2, 0.25) is 11.8 Å². The molecule has 0 aliphatic carbocycles. The highest BCUT2D eigenvalue weighted by Crippen LogP contribution is 2.42. The van der Waals surface area contributed by atoms with Crippen molar-refractivity contribution in [2.75, 3.05) is 41.0 Å². The minimum absolute atomic E-state index is 0.155. The molecule has 0 spiro atoms. The van der Waals surface area contributed by atoms with Crippen molar-refractivity contribution in [2.45, 2.75) is 12.0 Å². The Hall–Kier alpha value is -3.39. The monoisotopic (exact) mass is 425 g/mol. The fourth-order valence-corrected chi connectivity index (χ4v) is 3.81. The minimum atomic E-state index is -0.668. The van der Waals surface area contributed by atoms with Gasteiger partial charge in [-0.25, -0.2) is 0 Å². The maximum absolute atomic E-state index is 13.3. The summed E-state index contributed by atoms with van der Waals surface area (Å²) in [5.74, 6) is -0.769. The molecule has 3 rings (SSSR count). The highest BCUT2D eigenvalue weighted by molar-refractivity contribution is 6.01. The summed E-state index contributed by atoms with van der Waals surface area (Å²) in [6.07, 6.45) is 0. The van der Waals surface area contributed by atoms with E-state index < -0.39 is 12.0 Å². The molecule has 1 heterocycles. The molecule has 0 radical (unpaired) electrons. The van der Waals surface area contributed by atoms with Gasteiger partial charge in [0.15, 0.2) is 0 Å². The van der Waals surface area contributed by atoms with E-state index in [0.29, 0.717) is 30.0 Å². The van der Waals surface area contributed by atoms with Crippen LogP contribution < -0.4 is 15.4 Å². The van der Waals surface area contributed by atoms with Crippen LogP contribution in [0.5, 0.6) is 5.75 Å². The van der Waals surface area contributed by atoms with E-state index in [9.17, 15) is 14.4 Å². The second kappa shape index (κ2) is 10.1. The molecule has 0 bridgehead atoms. The fraction of sp³-hybridized carbons (Fsp3) is 0.348. The molecular formula is C23H27N3O5. The van der Waals surface area contributed by atoms with Crippen molar-refractivity contribution in [3.63, 3.8) is 0 Å². The summed E-state index contributed by atoms with van der Waals surface area (Å²) in [5.41, 5.74) is 1.93. The van der Waals surface area contributed by atoms with Crippen LogP contribution in [0.15, 0.2) is 48.5 Å². The lowest BCUT2D eigenvalue weighted by Crippen LogP contribution is -2.47. The average Bonchev–Trinajstić information content (AvgIpc) is 2.80. The second-order valence-electron chi connectivity index (χ2n) is 7.26. The largest absolute Gasteiger partial charge is 0.497 e. The molecule has 2 aromatic carbocycles.